The summed E-state index contributed by atoms with van der Waals surface area (Å²) >= 11 is 0. The number of halogens is 2. The van der Waals surface area contributed by atoms with E-state index < -0.39 is 0 Å². The summed E-state index contributed by atoms with van der Waals surface area (Å²) in [5.41, 5.74) is 7.84. The molecule has 22 heavy (non-hydrogen) atoms. The van der Waals surface area contributed by atoms with Gasteiger partial charge in [-0.1, -0.05) is 12.1 Å². The highest BCUT2D eigenvalue weighted by atomic mass is 35.5. The molecule has 0 radical (unpaired) electrons. The molecular formula is C15H22Cl2N4O. The Hall–Kier alpha value is -1.30. The van der Waals surface area contributed by atoms with Crippen molar-refractivity contribution in [2.75, 3.05) is 13.1 Å². The molecule has 2 aromatic rings. The van der Waals surface area contributed by atoms with Gasteiger partial charge in [0.25, 0.3) is 0 Å². The van der Waals surface area contributed by atoms with Crippen molar-refractivity contribution in [1.82, 2.24) is 14.5 Å². The van der Waals surface area contributed by atoms with E-state index in [9.17, 15) is 4.79 Å². The number of amides is 1. The summed E-state index contributed by atoms with van der Waals surface area (Å²) in [6, 6.07) is 8.17. The lowest BCUT2D eigenvalue weighted by Crippen LogP contribution is -2.44. The molecule has 1 aromatic carbocycles. The van der Waals surface area contributed by atoms with E-state index in [4.69, 9.17) is 5.73 Å². The van der Waals surface area contributed by atoms with Crippen LogP contribution < -0.4 is 5.73 Å². The van der Waals surface area contributed by atoms with Gasteiger partial charge in [-0.15, -0.1) is 24.8 Å². The fourth-order valence-corrected chi connectivity index (χ4v) is 2.78. The first-order valence-corrected chi connectivity index (χ1v) is 7.10. The van der Waals surface area contributed by atoms with Crippen LogP contribution in [0.4, 0.5) is 0 Å². The van der Waals surface area contributed by atoms with Gasteiger partial charge in [-0.2, -0.15) is 0 Å². The number of aromatic nitrogens is 2. The van der Waals surface area contributed by atoms with Crippen LogP contribution in [-0.2, 0) is 11.3 Å². The molecule has 7 heteroatoms. The number of benzene rings is 1. The van der Waals surface area contributed by atoms with Crippen LogP contribution in [0.5, 0.6) is 0 Å². The molecule has 1 aromatic heterocycles. The van der Waals surface area contributed by atoms with Crippen LogP contribution in [-0.4, -0.2) is 39.5 Å². The molecule has 5 nitrogen and oxygen atoms in total. The van der Waals surface area contributed by atoms with E-state index in [0.717, 1.165) is 42.8 Å². The van der Waals surface area contributed by atoms with Gasteiger partial charge < -0.3 is 15.2 Å². The SMILES string of the molecule is Cc1nc2ccccc2n1CC(=O)N1CCC(N)CC1.Cl.Cl. The van der Waals surface area contributed by atoms with Crippen LogP contribution in [0.25, 0.3) is 11.0 Å². The highest BCUT2D eigenvalue weighted by molar-refractivity contribution is 5.85. The van der Waals surface area contributed by atoms with Crippen LogP contribution in [0.2, 0.25) is 0 Å². The molecule has 1 aliphatic heterocycles. The number of nitrogens with two attached hydrogens (primary N) is 1. The maximum atomic E-state index is 12.4. The molecule has 1 fully saturated rings. The number of piperidine rings is 1. The molecule has 1 aliphatic rings. The quantitative estimate of drug-likeness (QED) is 0.907. The molecule has 0 spiro atoms. The van der Waals surface area contributed by atoms with Crippen LogP contribution in [0.15, 0.2) is 24.3 Å². The summed E-state index contributed by atoms with van der Waals surface area (Å²) < 4.78 is 1.99. The van der Waals surface area contributed by atoms with Crippen LogP contribution in [0.3, 0.4) is 0 Å². The zero-order chi connectivity index (χ0) is 14.1. The van der Waals surface area contributed by atoms with Crippen molar-refractivity contribution in [3.05, 3.63) is 30.1 Å². The number of likely N-dealkylation sites (tertiary alicyclic amines) is 1. The lowest BCUT2D eigenvalue weighted by molar-refractivity contribution is -0.132. The van der Waals surface area contributed by atoms with Crippen molar-refractivity contribution in [3.8, 4) is 0 Å². The summed E-state index contributed by atoms with van der Waals surface area (Å²) in [7, 11) is 0. The van der Waals surface area contributed by atoms with E-state index in [-0.39, 0.29) is 36.8 Å². The van der Waals surface area contributed by atoms with Gasteiger partial charge in [0.1, 0.15) is 12.4 Å². The third kappa shape index (κ3) is 3.72. The molecule has 1 saturated heterocycles. The molecule has 0 unspecified atom stereocenters. The van der Waals surface area contributed by atoms with Crippen molar-refractivity contribution in [2.24, 2.45) is 5.73 Å². The maximum Gasteiger partial charge on any atom is 0.242 e. The van der Waals surface area contributed by atoms with Crippen LogP contribution in [0.1, 0.15) is 18.7 Å². The number of carbonyl (C=O) groups is 1. The Balaban J connectivity index is 0.00000121. The number of hydrogen-bond acceptors (Lipinski definition) is 3. The summed E-state index contributed by atoms with van der Waals surface area (Å²) in [6.07, 6.45) is 1.80. The number of aryl methyl sites for hydroxylation is 1. The molecule has 0 saturated carbocycles. The largest absolute Gasteiger partial charge is 0.341 e. The average molecular weight is 345 g/mol. The predicted octanol–water partition coefficient (Wildman–Crippen LogP) is 2.14. The first kappa shape index (κ1) is 18.7. The number of para-hydroxylation sites is 2. The molecule has 0 atom stereocenters. The number of nitrogens with zero attached hydrogens (tertiary/aromatic N) is 3. The Morgan fingerprint density at radius 2 is 1.91 bits per heavy atom. The smallest absolute Gasteiger partial charge is 0.242 e. The fraction of sp³-hybridized carbons (Fsp3) is 0.467. The topological polar surface area (TPSA) is 64.2 Å². The second-order valence-electron chi connectivity index (χ2n) is 5.45. The number of rotatable bonds is 2. The van der Waals surface area contributed by atoms with Gasteiger partial charge in [-0.25, -0.2) is 4.98 Å². The second-order valence-corrected chi connectivity index (χ2v) is 5.45. The lowest BCUT2D eigenvalue weighted by Gasteiger charge is -2.30. The van der Waals surface area contributed by atoms with Gasteiger partial charge in [0, 0.05) is 19.1 Å². The molecule has 0 bridgehead atoms. The summed E-state index contributed by atoms with van der Waals surface area (Å²) in [6.45, 7) is 3.85. The summed E-state index contributed by atoms with van der Waals surface area (Å²) in [5.74, 6) is 1.04. The number of fused-ring (bicyclic) bond motifs is 1. The zero-order valence-corrected chi connectivity index (χ0v) is 14.2. The molecule has 2 N–H and O–H groups in total. The lowest BCUT2D eigenvalue weighted by atomic mass is 10.1. The van der Waals surface area contributed by atoms with Crippen LogP contribution in [0, 0.1) is 6.92 Å². The minimum Gasteiger partial charge on any atom is -0.341 e. The Bertz CT molecular complexity index is 636. The molecule has 3 rings (SSSR count). The summed E-state index contributed by atoms with van der Waals surface area (Å²) in [4.78, 5) is 18.8. The first-order chi connectivity index (χ1) is 9.65. The third-order valence-electron chi connectivity index (χ3n) is 4.03. The minimum absolute atomic E-state index is 0. The van der Waals surface area contributed by atoms with E-state index in [2.05, 4.69) is 4.98 Å². The maximum absolute atomic E-state index is 12.4. The van der Waals surface area contributed by atoms with E-state index in [1.807, 2.05) is 40.7 Å². The first-order valence-electron chi connectivity index (χ1n) is 7.10. The number of carbonyl (C=O) groups excluding carboxylic acids is 1. The highest BCUT2D eigenvalue weighted by Gasteiger charge is 2.21. The molecule has 2 heterocycles. The van der Waals surface area contributed by atoms with Gasteiger partial charge in [-0.05, 0) is 31.9 Å². The molecule has 122 valence electrons. The Morgan fingerprint density at radius 1 is 1.27 bits per heavy atom. The second kappa shape index (κ2) is 7.81. The normalized spacial score (nSPS) is 15.3. The number of imidazole rings is 1. The van der Waals surface area contributed by atoms with Gasteiger partial charge in [0.2, 0.25) is 5.91 Å². The van der Waals surface area contributed by atoms with Gasteiger partial charge >= 0.3 is 0 Å². The highest BCUT2D eigenvalue weighted by Crippen LogP contribution is 2.16. The Morgan fingerprint density at radius 3 is 2.59 bits per heavy atom. The van der Waals surface area contributed by atoms with E-state index in [0.29, 0.717) is 6.54 Å². The van der Waals surface area contributed by atoms with Crippen molar-refractivity contribution in [3.63, 3.8) is 0 Å². The zero-order valence-electron chi connectivity index (χ0n) is 12.6. The predicted molar refractivity (Wildman–Crippen MR) is 92.8 cm³/mol. The fourth-order valence-electron chi connectivity index (χ4n) is 2.78. The van der Waals surface area contributed by atoms with E-state index in [1.165, 1.54) is 0 Å². The standard InChI is InChI=1S/C15H20N4O.2ClH/c1-11-17-13-4-2-3-5-14(13)19(11)10-15(20)18-8-6-12(16)7-9-18;;/h2-5,12H,6-10,16H2,1H3;2*1H. The summed E-state index contributed by atoms with van der Waals surface area (Å²) in [5, 5.41) is 0. The minimum atomic E-state index is 0. The molecular weight excluding hydrogens is 323 g/mol. The third-order valence-corrected chi connectivity index (χ3v) is 4.03. The molecule has 1 amide bonds. The van der Waals surface area contributed by atoms with Crippen LogP contribution >= 0.6 is 24.8 Å². The van der Waals surface area contributed by atoms with Crippen molar-refractivity contribution in [2.45, 2.75) is 32.4 Å². The van der Waals surface area contributed by atoms with Crippen molar-refractivity contribution >= 4 is 41.8 Å². The van der Waals surface area contributed by atoms with Gasteiger partial charge in [0.15, 0.2) is 0 Å². The van der Waals surface area contributed by atoms with E-state index in [1.54, 1.807) is 0 Å². The monoisotopic (exact) mass is 344 g/mol. The van der Waals surface area contributed by atoms with Gasteiger partial charge in [-0.3, -0.25) is 4.79 Å². The Labute approximate surface area is 142 Å². The van der Waals surface area contributed by atoms with Gasteiger partial charge in [0.05, 0.1) is 11.0 Å². The average Bonchev–Trinajstić information content (AvgIpc) is 2.76. The van der Waals surface area contributed by atoms with Crippen molar-refractivity contribution in [1.29, 1.82) is 0 Å². The number of hydrogen-bond donors (Lipinski definition) is 1. The Kier molecular flexibility index (Phi) is 6.66. The molecule has 0 aliphatic carbocycles. The van der Waals surface area contributed by atoms with E-state index >= 15 is 0 Å². The van der Waals surface area contributed by atoms with Crippen molar-refractivity contribution < 1.29 is 4.79 Å².